The third-order valence-electron chi connectivity index (χ3n) is 3.51. The monoisotopic (exact) mass is 250 g/mol. The zero-order valence-electron chi connectivity index (χ0n) is 11.4. The molecule has 2 nitrogen and oxygen atoms in total. The minimum absolute atomic E-state index is 0.731. The quantitative estimate of drug-likeness (QED) is 0.846. The van der Waals surface area contributed by atoms with E-state index in [1.807, 2.05) is 31.2 Å². The van der Waals surface area contributed by atoms with E-state index >= 15 is 0 Å². The lowest BCUT2D eigenvalue weighted by molar-refractivity contribution is 1.11. The van der Waals surface area contributed by atoms with Gasteiger partial charge in [0.2, 0.25) is 0 Å². The van der Waals surface area contributed by atoms with Gasteiger partial charge in [-0.3, -0.25) is 0 Å². The van der Waals surface area contributed by atoms with Gasteiger partial charge in [-0.05, 0) is 54.2 Å². The van der Waals surface area contributed by atoms with Crippen molar-refractivity contribution in [2.75, 3.05) is 5.73 Å². The molecule has 2 rings (SSSR count). The highest BCUT2D eigenvalue weighted by Crippen LogP contribution is 2.23. The third kappa shape index (κ3) is 2.77. The van der Waals surface area contributed by atoms with Crippen molar-refractivity contribution in [3.8, 4) is 6.07 Å². The van der Waals surface area contributed by atoms with Crippen LogP contribution in [-0.2, 0) is 12.8 Å². The van der Waals surface area contributed by atoms with Gasteiger partial charge in [0.05, 0.1) is 11.6 Å². The van der Waals surface area contributed by atoms with Gasteiger partial charge in [-0.25, -0.2) is 0 Å². The average Bonchev–Trinajstić information content (AvgIpc) is 2.42. The van der Waals surface area contributed by atoms with E-state index in [0.29, 0.717) is 0 Å². The summed E-state index contributed by atoms with van der Waals surface area (Å²) in [6.07, 6.45) is 1.61. The first-order valence-corrected chi connectivity index (χ1v) is 6.51. The molecular weight excluding hydrogens is 232 g/mol. The number of nitriles is 1. The van der Waals surface area contributed by atoms with Crippen molar-refractivity contribution in [3.05, 3.63) is 64.2 Å². The zero-order valence-corrected chi connectivity index (χ0v) is 11.4. The molecule has 0 heterocycles. The molecule has 0 aliphatic rings. The van der Waals surface area contributed by atoms with Crippen molar-refractivity contribution in [1.29, 1.82) is 5.26 Å². The Balaban J connectivity index is 2.43. The summed E-state index contributed by atoms with van der Waals surface area (Å²) in [4.78, 5) is 0. The minimum atomic E-state index is 0.731. The standard InChI is InChI=1S/C17H18N2/c1-3-13-8-16(11-18)15(10-17(13)19)9-14-7-5-4-6-12(14)2/h4-8,10H,3,9,19H2,1-2H3. The summed E-state index contributed by atoms with van der Waals surface area (Å²) >= 11 is 0. The summed E-state index contributed by atoms with van der Waals surface area (Å²) in [6, 6.07) is 14.4. The van der Waals surface area contributed by atoms with Crippen molar-refractivity contribution in [2.24, 2.45) is 0 Å². The fraction of sp³-hybridized carbons (Fsp3) is 0.235. The van der Waals surface area contributed by atoms with Crippen molar-refractivity contribution >= 4 is 5.69 Å². The number of nitrogen functional groups attached to an aromatic ring is 1. The maximum Gasteiger partial charge on any atom is 0.0994 e. The summed E-state index contributed by atoms with van der Waals surface area (Å²) in [7, 11) is 0. The van der Waals surface area contributed by atoms with Crippen molar-refractivity contribution in [2.45, 2.75) is 26.7 Å². The van der Waals surface area contributed by atoms with Crippen molar-refractivity contribution in [1.82, 2.24) is 0 Å². The van der Waals surface area contributed by atoms with Crippen LogP contribution < -0.4 is 5.73 Å². The first-order valence-electron chi connectivity index (χ1n) is 6.51. The molecule has 0 fully saturated rings. The van der Waals surface area contributed by atoms with Gasteiger partial charge in [-0.1, -0.05) is 31.2 Å². The molecule has 0 saturated carbocycles. The van der Waals surface area contributed by atoms with Crippen LogP contribution in [0.5, 0.6) is 0 Å². The van der Waals surface area contributed by atoms with E-state index in [2.05, 4.69) is 25.1 Å². The third-order valence-corrected chi connectivity index (χ3v) is 3.51. The van der Waals surface area contributed by atoms with Crippen LogP contribution in [0.2, 0.25) is 0 Å². The normalized spacial score (nSPS) is 10.2. The molecule has 2 heteroatoms. The molecule has 96 valence electrons. The highest BCUT2D eigenvalue weighted by molar-refractivity contribution is 5.56. The fourth-order valence-corrected chi connectivity index (χ4v) is 2.28. The van der Waals surface area contributed by atoms with Gasteiger partial charge >= 0.3 is 0 Å². The Hall–Kier alpha value is -2.27. The number of hydrogen-bond donors (Lipinski definition) is 1. The van der Waals surface area contributed by atoms with Gasteiger partial charge in [0.15, 0.2) is 0 Å². The first-order chi connectivity index (χ1) is 9.15. The van der Waals surface area contributed by atoms with E-state index in [-0.39, 0.29) is 0 Å². The van der Waals surface area contributed by atoms with Crippen LogP contribution >= 0.6 is 0 Å². The topological polar surface area (TPSA) is 49.8 Å². The van der Waals surface area contributed by atoms with Crippen LogP contribution in [0, 0.1) is 18.3 Å². The molecule has 0 aliphatic carbocycles. The van der Waals surface area contributed by atoms with E-state index in [1.165, 1.54) is 11.1 Å². The van der Waals surface area contributed by atoms with Crippen LogP contribution in [-0.4, -0.2) is 0 Å². The molecule has 0 radical (unpaired) electrons. The van der Waals surface area contributed by atoms with E-state index in [1.54, 1.807) is 0 Å². The molecule has 2 aromatic rings. The molecule has 2 aromatic carbocycles. The summed E-state index contributed by atoms with van der Waals surface area (Å²) in [5, 5.41) is 9.29. The Morgan fingerprint density at radius 3 is 2.47 bits per heavy atom. The molecule has 0 aromatic heterocycles. The average molecular weight is 250 g/mol. The van der Waals surface area contributed by atoms with Gasteiger partial charge in [0.25, 0.3) is 0 Å². The molecular formula is C17H18N2. The van der Waals surface area contributed by atoms with E-state index in [4.69, 9.17) is 5.73 Å². The van der Waals surface area contributed by atoms with Crippen LogP contribution in [0.15, 0.2) is 36.4 Å². The predicted molar refractivity (Wildman–Crippen MR) is 78.9 cm³/mol. The Labute approximate surface area is 114 Å². The first kappa shape index (κ1) is 13.2. The molecule has 0 spiro atoms. The van der Waals surface area contributed by atoms with Gasteiger partial charge in [-0.15, -0.1) is 0 Å². The number of nitrogens with zero attached hydrogens (tertiary/aromatic N) is 1. The number of rotatable bonds is 3. The lowest BCUT2D eigenvalue weighted by Crippen LogP contribution is -2.00. The van der Waals surface area contributed by atoms with E-state index in [0.717, 1.165) is 35.2 Å². The second-order valence-electron chi connectivity index (χ2n) is 4.78. The number of anilines is 1. The molecule has 19 heavy (non-hydrogen) atoms. The van der Waals surface area contributed by atoms with E-state index in [9.17, 15) is 5.26 Å². The largest absolute Gasteiger partial charge is 0.398 e. The van der Waals surface area contributed by atoms with E-state index < -0.39 is 0 Å². The molecule has 0 amide bonds. The second-order valence-corrected chi connectivity index (χ2v) is 4.78. The molecule has 0 unspecified atom stereocenters. The van der Waals surface area contributed by atoms with Crippen LogP contribution in [0.4, 0.5) is 5.69 Å². The van der Waals surface area contributed by atoms with Crippen LogP contribution in [0.1, 0.15) is 34.7 Å². The smallest absolute Gasteiger partial charge is 0.0994 e. The SMILES string of the molecule is CCc1cc(C#N)c(Cc2ccccc2C)cc1N. The van der Waals surface area contributed by atoms with Crippen LogP contribution in [0.25, 0.3) is 0 Å². The highest BCUT2D eigenvalue weighted by Gasteiger charge is 2.08. The lowest BCUT2D eigenvalue weighted by Gasteiger charge is -2.11. The maximum atomic E-state index is 9.29. The van der Waals surface area contributed by atoms with Gasteiger partial charge in [-0.2, -0.15) is 5.26 Å². The summed E-state index contributed by atoms with van der Waals surface area (Å²) < 4.78 is 0. The van der Waals surface area contributed by atoms with Crippen molar-refractivity contribution in [3.63, 3.8) is 0 Å². The molecule has 0 atom stereocenters. The Kier molecular flexibility index (Phi) is 3.87. The van der Waals surface area contributed by atoms with Crippen molar-refractivity contribution < 1.29 is 0 Å². The number of benzene rings is 2. The van der Waals surface area contributed by atoms with Gasteiger partial charge in [0.1, 0.15) is 0 Å². The molecule has 0 bridgehead atoms. The molecule has 0 saturated heterocycles. The number of hydrogen-bond acceptors (Lipinski definition) is 2. The second kappa shape index (κ2) is 5.58. The summed E-state index contributed by atoms with van der Waals surface area (Å²) in [6.45, 7) is 4.14. The summed E-state index contributed by atoms with van der Waals surface area (Å²) in [5.74, 6) is 0. The van der Waals surface area contributed by atoms with Crippen LogP contribution in [0.3, 0.4) is 0 Å². The Morgan fingerprint density at radius 2 is 1.84 bits per heavy atom. The number of aryl methyl sites for hydroxylation is 2. The zero-order chi connectivity index (χ0) is 13.8. The Bertz CT molecular complexity index is 636. The molecule has 0 aliphatic heterocycles. The predicted octanol–water partition coefficient (Wildman–Crippen LogP) is 3.60. The maximum absolute atomic E-state index is 9.29. The Morgan fingerprint density at radius 1 is 1.11 bits per heavy atom. The number of nitrogens with two attached hydrogens (primary N) is 1. The lowest BCUT2D eigenvalue weighted by atomic mass is 9.94. The highest BCUT2D eigenvalue weighted by atomic mass is 14.6. The minimum Gasteiger partial charge on any atom is -0.398 e. The van der Waals surface area contributed by atoms with Gasteiger partial charge in [0, 0.05) is 5.69 Å². The summed E-state index contributed by atoms with van der Waals surface area (Å²) in [5.41, 5.74) is 12.1. The molecule has 2 N–H and O–H groups in total. The van der Waals surface area contributed by atoms with Gasteiger partial charge < -0.3 is 5.73 Å². The fourth-order valence-electron chi connectivity index (χ4n) is 2.28.